The van der Waals surface area contributed by atoms with E-state index in [4.69, 9.17) is 4.74 Å². The van der Waals surface area contributed by atoms with Crippen LogP contribution in [0.1, 0.15) is 87.5 Å². The van der Waals surface area contributed by atoms with E-state index >= 15 is 0 Å². The maximum atomic E-state index is 14.6. The lowest BCUT2D eigenvalue weighted by Crippen LogP contribution is -2.54. The van der Waals surface area contributed by atoms with Gasteiger partial charge in [-0.25, -0.2) is 4.79 Å². The summed E-state index contributed by atoms with van der Waals surface area (Å²) < 4.78 is 6.20. The molecule has 5 nitrogen and oxygen atoms in total. The van der Waals surface area contributed by atoms with E-state index in [-0.39, 0.29) is 40.9 Å². The van der Waals surface area contributed by atoms with E-state index in [1.807, 2.05) is 13.8 Å². The number of rotatable bonds is 0. The van der Waals surface area contributed by atoms with Gasteiger partial charge in [-0.05, 0) is 78.1 Å². The van der Waals surface area contributed by atoms with E-state index in [0.29, 0.717) is 12.8 Å². The summed E-state index contributed by atoms with van der Waals surface area (Å²) in [4.78, 5) is 28.4. The Morgan fingerprint density at radius 3 is 2.36 bits per heavy atom. The molecule has 2 bridgehead atoms. The second-order valence-corrected chi connectivity index (χ2v) is 13.9. The molecule has 0 aromatic heterocycles. The molecule has 5 aliphatic rings. The molecule has 0 amide bonds. The van der Waals surface area contributed by atoms with Crippen LogP contribution < -0.4 is 0 Å². The summed E-state index contributed by atoms with van der Waals surface area (Å²) in [6.45, 7) is 16.6. The second-order valence-electron chi connectivity index (χ2n) is 13.9. The molecule has 2 fully saturated rings. The van der Waals surface area contributed by atoms with Crippen LogP contribution in [0.2, 0.25) is 0 Å². The van der Waals surface area contributed by atoms with E-state index in [2.05, 4.69) is 65.8 Å². The van der Waals surface area contributed by atoms with Crippen LogP contribution in [0.5, 0.6) is 0 Å². The van der Waals surface area contributed by atoms with Gasteiger partial charge in [0.1, 0.15) is 11.3 Å². The van der Waals surface area contributed by atoms with Gasteiger partial charge in [0.05, 0.1) is 11.5 Å². The normalized spacial score (nSPS) is 49.3. The number of ketones is 1. The lowest BCUT2D eigenvalue weighted by atomic mass is 9.49. The molecule has 0 aromatic rings. The summed E-state index contributed by atoms with van der Waals surface area (Å²) in [5, 5.41) is 23.5. The molecule has 212 valence electrons. The highest BCUT2D eigenvalue weighted by molar-refractivity contribution is 6.26. The highest BCUT2D eigenvalue weighted by Gasteiger charge is 2.66. The molecule has 1 aliphatic heterocycles. The number of carbonyl (C=O) groups is 2. The number of aliphatic hydroxyl groups excluding tert-OH is 2. The predicted molar refractivity (Wildman–Crippen MR) is 153 cm³/mol. The molecule has 0 radical (unpaired) electrons. The van der Waals surface area contributed by atoms with Crippen molar-refractivity contribution in [3.63, 3.8) is 0 Å². The summed E-state index contributed by atoms with van der Waals surface area (Å²) in [6, 6.07) is 0. The number of hydrogen-bond acceptors (Lipinski definition) is 5. The average molecular weight is 535 g/mol. The van der Waals surface area contributed by atoms with E-state index in [1.165, 1.54) is 5.57 Å². The van der Waals surface area contributed by atoms with Crippen LogP contribution in [0.3, 0.4) is 0 Å². The van der Waals surface area contributed by atoms with Crippen LogP contribution >= 0.6 is 0 Å². The number of hydrogen-bond donors (Lipinski definition) is 2. The number of ether oxygens (including phenoxy) is 1. The van der Waals surface area contributed by atoms with Crippen molar-refractivity contribution in [2.75, 3.05) is 0 Å². The Balaban J connectivity index is 1.82. The van der Waals surface area contributed by atoms with Crippen molar-refractivity contribution in [2.45, 2.75) is 99.2 Å². The van der Waals surface area contributed by atoms with Gasteiger partial charge in [-0.1, -0.05) is 67.4 Å². The largest absolute Gasteiger partial charge is 0.511 e. The van der Waals surface area contributed by atoms with Crippen LogP contribution in [-0.4, -0.2) is 33.7 Å². The van der Waals surface area contributed by atoms with Crippen molar-refractivity contribution >= 4 is 11.8 Å². The molecule has 5 heteroatoms. The molecule has 5 rings (SSSR count). The minimum Gasteiger partial charge on any atom is -0.511 e. The standard InChI is InChI=1S/C34H46O5/c1-18-10-9-11-19(2)27-21(4)14-24-25(35)13-12-20(3)28(24)33(27,8)29(36)26-30(37)34(39-31(26)38)17-23(6)22(5)16-32(34,7)15-18/h11,14-16,20,23-25,27-28,35-36H,9-10,12-13,17H2,1-8H3/b18-15-,19-11-,29-26-. The summed E-state index contributed by atoms with van der Waals surface area (Å²) in [5.74, 6) is -1.51. The first-order valence-corrected chi connectivity index (χ1v) is 14.8. The van der Waals surface area contributed by atoms with Gasteiger partial charge in [0.25, 0.3) is 0 Å². The Hall–Kier alpha value is -2.40. The third-order valence-electron chi connectivity index (χ3n) is 11.2. The Morgan fingerprint density at radius 2 is 1.67 bits per heavy atom. The Morgan fingerprint density at radius 1 is 0.974 bits per heavy atom. The van der Waals surface area contributed by atoms with E-state index in [1.54, 1.807) is 0 Å². The van der Waals surface area contributed by atoms with Crippen LogP contribution in [0.4, 0.5) is 0 Å². The molecule has 1 heterocycles. The fourth-order valence-electron chi connectivity index (χ4n) is 9.27. The number of fused-ring (bicyclic) bond motifs is 4. The summed E-state index contributed by atoms with van der Waals surface area (Å²) in [5.41, 5.74) is 1.15. The summed E-state index contributed by atoms with van der Waals surface area (Å²) in [6.07, 6.45) is 11.7. The van der Waals surface area contributed by atoms with Crippen LogP contribution in [0, 0.1) is 40.4 Å². The van der Waals surface area contributed by atoms with Gasteiger partial charge < -0.3 is 14.9 Å². The fraction of sp³-hybridized carbons (Fsp3) is 0.647. The quantitative estimate of drug-likeness (QED) is 0.200. The SMILES string of the molecule is CC1=CC2(C)/C=C(/C)CC/C=C(/C)C3C(C)=CC4C(O)CCC(C)C4C3(C)/C(O)=C3/C(=O)OC2(CC1C)C3=O. The van der Waals surface area contributed by atoms with Crippen molar-refractivity contribution in [2.24, 2.45) is 40.4 Å². The van der Waals surface area contributed by atoms with Gasteiger partial charge >= 0.3 is 5.97 Å². The predicted octanol–water partition coefficient (Wildman–Crippen LogP) is 6.95. The minimum absolute atomic E-state index is 0.0608. The van der Waals surface area contributed by atoms with Crippen molar-refractivity contribution in [1.82, 2.24) is 0 Å². The molecular formula is C34H46O5. The van der Waals surface area contributed by atoms with Crippen molar-refractivity contribution in [3.05, 3.63) is 57.9 Å². The molecule has 9 unspecified atom stereocenters. The zero-order valence-electron chi connectivity index (χ0n) is 24.9. The zero-order chi connectivity index (χ0) is 28.7. The summed E-state index contributed by atoms with van der Waals surface area (Å²) >= 11 is 0. The van der Waals surface area contributed by atoms with Crippen LogP contribution in [0.25, 0.3) is 0 Å². The van der Waals surface area contributed by atoms with Crippen molar-refractivity contribution < 1.29 is 24.5 Å². The Kier molecular flexibility index (Phi) is 6.73. The minimum atomic E-state index is -1.40. The van der Waals surface area contributed by atoms with E-state index < -0.39 is 34.3 Å². The van der Waals surface area contributed by atoms with E-state index in [0.717, 1.165) is 36.0 Å². The molecule has 1 saturated heterocycles. The van der Waals surface area contributed by atoms with Crippen molar-refractivity contribution in [1.29, 1.82) is 0 Å². The highest BCUT2D eigenvalue weighted by Crippen LogP contribution is 2.62. The number of Topliss-reactive ketones (excluding diaryl/α,β-unsaturated/α-hetero) is 1. The van der Waals surface area contributed by atoms with Gasteiger partial charge in [0.2, 0.25) is 5.78 Å². The third-order valence-corrected chi connectivity index (χ3v) is 11.2. The van der Waals surface area contributed by atoms with Gasteiger partial charge in [0.15, 0.2) is 5.60 Å². The highest BCUT2D eigenvalue weighted by atomic mass is 16.6. The second kappa shape index (κ2) is 9.33. The summed E-state index contributed by atoms with van der Waals surface area (Å²) in [7, 11) is 0. The van der Waals surface area contributed by atoms with Crippen LogP contribution in [-0.2, 0) is 14.3 Å². The smallest absolute Gasteiger partial charge is 0.346 e. The van der Waals surface area contributed by atoms with Gasteiger partial charge in [-0.2, -0.15) is 0 Å². The maximum absolute atomic E-state index is 14.6. The molecule has 1 spiro atoms. The van der Waals surface area contributed by atoms with Crippen LogP contribution in [0.15, 0.2) is 57.9 Å². The fourth-order valence-corrected chi connectivity index (χ4v) is 9.27. The zero-order valence-corrected chi connectivity index (χ0v) is 24.9. The number of allylic oxidation sites excluding steroid dienone is 6. The first-order valence-electron chi connectivity index (χ1n) is 14.8. The average Bonchev–Trinajstić information content (AvgIpc) is 3.09. The molecule has 39 heavy (non-hydrogen) atoms. The first-order chi connectivity index (χ1) is 18.2. The Bertz CT molecular complexity index is 1260. The number of aliphatic hydroxyl groups is 2. The lowest BCUT2D eigenvalue weighted by molar-refractivity contribution is -0.162. The molecule has 1 saturated carbocycles. The molecule has 2 N–H and O–H groups in total. The maximum Gasteiger partial charge on any atom is 0.346 e. The molecular weight excluding hydrogens is 488 g/mol. The topological polar surface area (TPSA) is 83.8 Å². The molecule has 9 atom stereocenters. The molecule has 0 aromatic carbocycles. The number of carbonyl (C=O) groups excluding carboxylic acids is 2. The first kappa shape index (κ1) is 28.1. The number of esters is 1. The molecule has 4 aliphatic carbocycles. The third kappa shape index (κ3) is 3.89. The van der Waals surface area contributed by atoms with Gasteiger partial charge in [-0.15, -0.1) is 0 Å². The monoisotopic (exact) mass is 534 g/mol. The van der Waals surface area contributed by atoms with Crippen molar-refractivity contribution in [3.8, 4) is 0 Å². The van der Waals surface area contributed by atoms with Gasteiger partial charge in [0, 0.05) is 23.7 Å². The van der Waals surface area contributed by atoms with Gasteiger partial charge in [-0.3, -0.25) is 4.79 Å². The Labute approximate surface area is 233 Å². The van der Waals surface area contributed by atoms with E-state index in [9.17, 15) is 19.8 Å². The lowest BCUT2D eigenvalue weighted by Gasteiger charge is -2.55.